The highest BCUT2D eigenvalue weighted by atomic mass is 15.2. The van der Waals surface area contributed by atoms with Crippen molar-refractivity contribution in [2.24, 2.45) is 5.92 Å². The Bertz CT molecular complexity index is 524. The van der Waals surface area contributed by atoms with Crippen LogP contribution < -0.4 is 10.2 Å². The molecular formula is C18H25N3. The predicted molar refractivity (Wildman–Crippen MR) is 86.2 cm³/mol. The largest absolute Gasteiger partial charge is 0.367 e. The van der Waals surface area contributed by atoms with Crippen molar-refractivity contribution in [3.8, 4) is 6.07 Å². The Morgan fingerprint density at radius 1 is 1.29 bits per heavy atom. The summed E-state index contributed by atoms with van der Waals surface area (Å²) in [6, 6.07) is 9.52. The first-order chi connectivity index (χ1) is 10.3. The SMILES string of the molecule is CCCNCc1ccc(N(CC2CC2)C2CC2)c(C#N)c1. The minimum atomic E-state index is 0.682. The van der Waals surface area contributed by atoms with E-state index in [0.29, 0.717) is 6.04 Å². The fraction of sp³-hybridized carbons (Fsp3) is 0.611. The lowest BCUT2D eigenvalue weighted by Gasteiger charge is -2.26. The second-order valence-corrected chi connectivity index (χ2v) is 6.47. The molecule has 112 valence electrons. The van der Waals surface area contributed by atoms with Crippen molar-refractivity contribution >= 4 is 5.69 Å². The summed E-state index contributed by atoms with van der Waals surface area (Å²) >= 11 is 0. The molecule has 0 amide bonds. The normalized spacial score (nSPS) is 17.5. The van der Waals surface area contributed by atoms with Crippen LogP contribution in [0.5, 0.6) is 0 Å². The van der Waals surface area contributed by atoms with E-state index >= 15 is 0 Å². The summed E-state index contributed by atoms with van der Waals surface area (Å²) in [4.78, 5) is 2.50. The number of hydrogen-bond donors (Lipinski definition) is 1. The molecule has 3 rings (SSSR count). The molecule has 2 fully saturated rings. The first-order valence-electron chi connectivity index (χ1n) is 8.32. The molecule has 3 heteroatoms. The molecule has 0 bridgehead atoms. The van der Waals surface area contributed by atoms with Crippen LogP contribution in [0.4, 0.5) is 5.69 Å². The molecule has 2 aliphatic rings. The van der Waals surface area contributed by atoms with Gasteiger partial charge in [0.1, 0.15) is 6.07 Å². The number of nitriles is 1. The van der Waals surface area contributed by atoms with Crippen LogP contribution in [0.3, 0.4) is 0 Å². The van der Waals surface area contributed by atoms with Crippen molar-refractivity contribution in [2.75, 3.05) is 18.0 Å². The zero-order valence-corrected chi connectivity index (χ0v) is 12.9. The Morgan fingerprint density at radius 3 is 2.71 bits per heavy atom. The molecule has 0 radical (unpaired) electrons. The molecule has 2 aliphatic carbocycles. The Morgan fingerprint density at radius 2 is 2.10 bits per heavy atom. The number of rotatable bonds is 8. The summed E-state index contributed by atoms with van der Waals surface area (Å²) in [7, 11) is 0. The van der Waals surface area contributed by atoms with E-state index in [1.54, 1.807) is 0 Å². The lowest BCUT2D eigenvalue weighted by atomic mass is 10.1. The maximum atomic E-state index is 9.52. The first-order valence-corrected chi connectivity index (χ1v) is 8.32. The van der Waals surface area contributed by atoms with Crippen LogP contribution in [-0.2, 0) is 6.54 Å². The van der Waals surface area contributed by atoms with Crippen LogP contribution in [0, 0.1) is 17.2 Å². The molecule has 2 saturated carbocycles. The van der Waals surface area contributed by atoms with Gasteiger partial charge in [-0.25, -0.2) is 0 Å². The topological polar surface area (TPSA) is 39.1 Å². The minimum Gasteiger partial charge on any atom is -0.367 e. The van der Waals surface area contributed by atoms with E-state index in [-0.39, 0.29) is 0 Å². The quantitative estimate of drug-likeness (QED) is 0.743. The van der Waals surface area contributed by atoms with Gasteiger partial charge in [0.25, 0.3) is 0 Å². The Hall–Kier alpha value is -1.53. The summed E-state index contributed by atoms with van der Waals surface area (Å²) < 4.78 is 0. The highest BCUT2D eigenvalue weighted by molar-refractivity contribution is 5.62. The van der Waals surface area contributed by atoms with Crippen molar-refractivity contribution in [1.82, 2.24) is 5.32 Å². The number of hydrogen-bond acceptors (Lipinski definition) is 3. The summed E-state index contributed by atoms with van der Waals surface area (Å²) in [6.07, 6.45) is 6.45. The third-order valence-electron chi connectivity index (χ3n) is 4.39. The van der Waals surface area contributed by atoms with Crippen LogP contribution in [-0.4, -0.2) is 19.1 Å². The maximum absolute atomic E-state index is 9.52. The molecule has 0 atom stereocenters. The lowest BCUT2D eigenvalue weighted by Crippen LogP contribution is -2.28. The van der Waals surface area contributed by atoms with Gasteiger partial charge in [-0.3, -0.25) is 0 Å². The minimum absolute atomic E-state index is 0.682. The van der Waals surface area contributed by atoms with Crippen LogP contribution in [0.25, 0.3) is 0 Å². The summed E-state index contributed by atoms with van der Waals surface area (Å²) in [6.45, 7) is 5.20. The van der Waals surface area contributed by atoms with Gasteiger partial charge in [-0.2, -0.15) is 5.26 Å². The van der Waals surface area contributed by atoms with E-state index in [4.69, 9.17) is 0 Å². The monoisotopic (exact) mass is 283 g/mol. The number of benzene rings is 1. The second-order valence-electron chi connectivity index (χ2n) is 6.47. The fourth-order valence-corrected chi connectivity index (χ4v) is 2.85. The maximum Gasteiger partial charge on any atom is 0.101 e. The van der Waals surface area contributed by atoms with Gasteiger partial charge in [-0.05, 0) is 62.3 Å². The van der Waals surface area contributed by atoms with Gasteiger partial charge in [0.05, 0.1) is 11.3 Å². The van der Waals surface area contributed by atoms with Crippen molar-refractivity contribution in [3.63, 3.8) is 0 Å². The van der Waals surface area contributed by atoms with Crippen LogP contribution in [0.2, 0.25) is 0 Å². The highest BCUT2D eigenvalue weighted by Gasteiger charge is 2.34. The molecule has 1 aromatic carbocycles. The Labute approximate surface area is 128 Å². The summed E-state index contributed by atoms with van der Waals surface area (Å²) in [5.41, 5.74) is 3.22. The van der Waals surface area contributed by atoms with Crippen molar-refractivity contribution in [1.29, 1.82) is 5.26 Å². The van der Waals surface area contributed by atoms with Gasteiger partial charge in [-0.1, -0.05) is 13.0 Å². The Balaban J connectivity index is 1.75. The van der Waals surface area contributed by atoms with Crippen molar-refractivity contribution in [2.45, 2.75) is 51.6 Å². The summed E-state index contributed by atoms with van der Waals surface area (Å²) in [5, 5.41) is 12.9. The molecule has 0 saturated heterocycles. The van der Waals surface area contributed by atoms with Gasteiger partial charge < -0.3 is 10.2 Å². The molecule has 21 heavy (non-hydrogen) atoms. The number of nitrogens with one attached hydrogen (secondary N) is 1. The lowest BCUT2D eigenvalue weighted by molar-refractivity contribution is 0.674. The third-order valence-corrected chi connectivity index (χ3v) is 4.39. The molecule has 3 nitrogen and oxygen atoms in total. The average molecular weight is 283 g/mol. The molecule has 0 aromatic heterocycles. The van der Waals surface area contributed by atoms with E-state index in [1.165, 1.54) is 31.2 Å². The molecule has 0 unspecified atom stereocenters. The zero-order valence-electron chi connectivity index (χ0n) is 12.9. The van der Waals surface area contributed by atoms with Gasteiger partial charge in [-0.15, -0.1) is 0 Å². The number of nitrogens with zero attached hydrogens (tertiary/aromatic N) is 2. The molecule has 1 aromatic rings. The van der Waals surface area contributed by atoms with Crippen molar-refractivity contribution in [3.05, 3.63) is 29.3 Å². The van der Waals surface area contributed by atoms with Crippen LogP contribution in [0.15, 0.2) is 18.2 Å². The van der Waals surface area contributed by atoms with Gasteiger partial charge in [0.2, 0.25) is 0 Å². The van der Waals surface area contributed by atoms with E-state index in [2.05, 4.69) is 41.4 Å². The molecule has 0 aliphatic heterocycles. The summed E-state index contributed by atoms with van der Waals surface area (Å²) in [5.74, 6) is 0.864. The second kappa shape index (κ2) is 6.49. The highest BCUT2D eigenvalue weighted by Crippen LogP contribution is 2.38. The molecule has 0 spiro atoms. The van der Waals surface area contributed by atoms with Crippen molar-refractivity contribution < 1.29 is 0 Å². The molecule has 1 N–H and O–H groups in total. The van der Waals surface area contributed by atoms with Gasteiger partial charge in [0, 0.05) is 19.1 Å². The first kappa shape index (κ1) is 14.4. The number of anilines is 1. The van der Waals surface area contributed by atoms with E-state index in [1.807, 2.05) is 0 Å². The predicted octanol–water partition coefficient (Wildman–Crippen LogP) is 3.44. The molecule has 0 heterocycles. The van der Waals surface area contributed by atoms with Crippen LogP contribution >= 0.6 is 0 Å². The average Bonchev–Trinajstić information content (AvgIpc) is 3.38. The van der Waals surface area contributed by atoms with E-state index in [9.17, 15) is 5.26 Å². The fourth-order valence-electron chi connectivity index (χ4n) is 2.85. The zero-order chi connectivity index (χ0) is 14.7. The van der Waals surface area contributed by atoms with E-state index in [0.717, 1.165) is 43.2 Å². The van der Waals surface area contributed by atoms with Gasteiger partial charge >= 0.3 is 0 Å². The van der Waals surface area contributed by atoms with Gasteiger partial charge in [0.15, 0.2) is 0 Å². The van der Waals surface area contributed by atoms with E-state index < -0.39 is 0 Å². The smallest absolute Gasteiger partial charge is 0.101 e. The molecular weight excluding hydrogens is 258 g/mol. The standard InChI is InChI=1S/C18H25N3/c1-2-9-20-12-15-5-8-18(16(10-15)11-19)21(17-6-7-17)13-14-3-4-14/h5,8,10,14,17,20H,2-4,6-7,9,12-13H2,1H3. The Kier molecular flexibility index (Phi) is 4.45. The van der Waals surface area contributed by atoms with Crippen LogP contribution in [0.1, 0.15) is 50.2 Å². The third kappa shape index (κ3) is 3.77.